The first-order valence-corrected chi connectivity index (χ1v) is 14.6. The van der Waals surface area contributed by atoms with Crippen molar-refractivity contribution in [2.75, 3.05) is 23.7 Å². The average Bonchev–Trinajstić information content (AvgIpc) is 2.80. The SMILES string of the molecule is CCCCNC(=O)[C@H](CC)N(Cc1ccc(Cl)c(Cl)c1)C(=O)CN(c1ccc(C)c(C)c1)S(C)(=O)=O. The maximum Gasteiger partial charge on any atom is 0.244 e. The van der Waals surface area contributed by atoms with E-state index in [1.54, 1.807) is 30.3 Å². The molecule has 0 aliphatic heterocycles. The second-order valence-corrected chi connectivity index (χ2v) is 11.6. The van der Waals surface area contributed by atoms with Gasteiger partial charge in [-0.25, -0.2) is 8.42 Å². The summed E-state index contributed by atoms with van der Waals surface area (Å²) >= 11 is 12.2. The van der Waals surface area contributed by atoms with Crippen molar-refractivity contribution in [3.05, 3.63) is 63.1 Å². The van der Waals surface area contributed by atoms with Crippen molar-refractivity contribution in [2.45, 2.75) is 59.5 Å². The molecular formula is C26H35Cl2N3O4S. The Bertz CT molecular complexity index is 1190. The summed E-state index contributed by atoms with van der Waals surface area (Å²) in [6, 6.07) is 9.44. The fourth-order valence-electron chi connectivity index (χ4n) is 3.75. The summed E-state index contributed by atoms with van der Waals surface area (Å²) in [5.41, 5.74) is 2.98. The van der Waals surface area contributed by atoms with E-state index in [0.717, 1.165) is 34.5 Å². The van der Waals surface area contributed by atoms with Crippen LogP contribution in [0.25, 0.3) is 0 Å². The second kappa shape index (κ2) is 13.3. The lowest BCUT2D eigenvalue weighted by molar-refractivity contribution is -0.140. The van der Waals surface area contributed by atoms with Crippen LogP contribution in [-0.2, 0) is 26.2 Å². The molecule has 0 fully saturated rings. The Morgan fingerprint density at radius 3 is 2.25 bits per heavy atom. The van der Waals surface area contributed by atoms with Gasteiger partial charge in [-0.15, -0.1) is 0 Å². The van der Waals surface area contributed by atoms with E-state index in [0.29, 0.717) is 34.3 Å². The third-order valence-corrected chi connectivity index (χ3v) is 7.89. The monoisotopic (exact) mass is 555 g/mol. The van der Waals surface area contributed by atoms with Crippen molar-refractivity contribution in [3.8, 4) is 0 Å². The zero-order chi connectivity index (χ0) is 27.0. The van der Waals surface area contributed by atoms with Crippen molar-refractivity contribution in [3.63, 3.8) is 0 Å². The van der Waals surface area contributed by atoms with Crippen LogP contribution in [0.15, 0.2) is 36.4 Å². The number of halogens is 2. The molecule has 0 spiro atoms. The Hall–Kier alpha value is -2.29. The van der Waals surface area contributed by atoms with Gasteiger partial charge in [-0.1, -0.05) is 55.6 Å². The fraction of sp³-hybridized carbons (Fsp3) is 0.462. The van der Waals surface area contributed by atoms with Crippen LogP contribution in [0, 0.1) is 13.8 Å². The maximum atomic E-state index is 13.7. The normalized spacial score (nSPS) is 12.2. The Morgan fingerprint density at radius 2 is 1.69 bits per heavy atom. The molecule has 2 amide bonds. The van der Waals surface area contributed by atoms with Crippen molar-refractivity contribution >= 4 is 50.7 Å². The molecule has 0 saturated heterocycles. The van der Waals surface area contributed by atoms with Gasteiger partial charge < -0.3 is 10.2 Å². The molecule has 2 aromatic carbocycles. The number of hydrogen-bond acceptors (Lipinski definition) is 4. The highest BCUT2D eigenvalue weighted by atomic mass is 35.5. The van der Waals surface area contributed by atoms with Crippen LogP contribution in [0.5, 0.6) is 0 Å². The first kappa shape index (κ1) is 29.9. The zero-order valence-electron chi connectivity index (χ0n) is 21.5. The highest BCUT2D eigenvalue weighted by Gasteiger charge is 2.31. The average molecular weight is 557 g/mol. The maximum absolute atomic E-state index is 13.7. The summed E-state index contributed by atoms with van der Waals surface area (Å²) in [5.74, 6) is -0.779. The molecule has 0 radical (unpaired) electrons. The zero-order valence-corrected chi connectivity index (χ0v) is 23.8. The van der Waals surface area contributed by atoms with Gasteiger partial charge in [0, 0.05) is 13.1 Å². The molecule has 1 atom stereocenters. The van der Waals surface area contributed by atoms with Gasteiger partial charge in [-0.05, 0) is 67.6 Å². The molecule has 10 heteroatoms. The molecule has 0 aliphatic rings. The minimum Gasteiger partial charge on any atom is -0.354 e. The Balaban J connectivity index is 2.45. The summed E-state index contributed by atoms with van der Waals surface area (Å²) in [6.45, 7) is 7.77. The number of unbranched alkanes of at least 4 members (excludes halogenated alkanes) is 1. The number of carbonyl (C=O) groups is 2. The number of amides is 2. The molecule has 0 saturated carbocycles. The molecule has 1 N–H and O–H groups in total. The Kier molecular flexibility index (Phi) is 11.1. The number of rotatable bonds is 12. The van der Waals surface area contributed by atoms with E-state index in [4.69, 9.17) is 23.2 Å². The highest BCUT2D eigenvalue weighted by Crippen LogP contribution is 2.25. The standard InChI is InChI=1S/C26H35Cl2N3O4S/c1-6-8-13-29-26(33)24(7-2)30(16-20-10-12-22(27)23(28)15-20)25(32)17-31(36(5,34)35)21-11-9-18(3)19(4)14-21/h9-12,14-15,24H,6-8,13,16-17H2,1-5H3,(H,29,33)/t24-/m0/s1. The number of aryl methyl sites for hydroxylation is 2. The van der Waals surface area contributed by atoms with Crippen LogP contribution < -0.4 is 9.62 Å². The van der Waals surface area contributed by atoms with Crippen LogP contribution in [-0.4, -0.2) is 50.5 Å². The van der Waals surface area contributed by atoms with Crippen LogP contribution in [0.2, 0.25) is 10.0 Å². The van der Waals surface area contributed by atoms with E-state index in [1.165, 1.54) is 4.90 Å². The second-order valence-electron chi connectivity index (χ2n) is 8.88. The quantitative estimate of drug-likeness (QED) is 0.369. The predicted octanol–water partition coefficient (Wildman–Crippen LogP) is 5.10. The number of benzene rings is 2. The van der Waals surface area contributed by atoms with Crippen molar-refractivity contribution in [1.29, 1.82) is 0 Å². The van der Waals surface area contributed by atoms with Crippen LogP contribution >= 0.6 is 23.2 Å². The van der Waals surface area contributed by atoms with Crippen molar-refractivity contribution < 1.29 is 18.0 Å². The summed E-state index contributed by atoms with van der Waals surface area (Å²) in [4.78, 5) is 28.2. The Labute approximate surface area is 224 Å². The van der Waals surface area contributed by atoms with Crippen LogP contribution in [0.4, 0.5) is 5.69 Å². The van der Waals surface area contributed by atoms with Crippen LogP contribution in [0.3, 0.4) is 0 Å². The molecule has 7 nitrogen and oxygen atoms in total. The number of anilines is 1. The van der Waals surface area contributed by atoms with E-state index in [9.17, 15) is 18.0 Å². The number of nitrogens with zero attached hydrogens (tertiary/aromatic N) is 2. The van der Waals surface area contributed by atoms with E-state index >= 15 is 0 Å². The van der Waals surface area contributed by atoms with E-state index in [1.807, 2.05) is 33.8 Å². The molecule has 0 unspecified atom stereocenters. The number of nitrogens with one attached hydrogen (secondary N) is 1. The molecule has 0 heterocycles. The molecule has 0 bridgehead atoms. The highest BCUT2D eigenvalue weighted by molar-refractivity contribution is 7.92. The minimum absolute atomic E-state index is 0.0694. The largest absolute Gasteiger partial charge is 0.354 e. The lowest BCUT2D eigenvalue weighted by atomic mass is 10.1. The number of hydrogen-bond donors (Lipinski definition) is 1. The van der Waals surface area contributed by atoms with Crippen molar-refractivity contribution in [1.82, 2.24) is 10.2 Å². The van der Waals surface area contributed by atoms with Crippen LogP contribution in [0.1, 0.15) is 49.8 Å². The summed E-state index contributed by atoms with van der Waals surface area (Å²) < 4.78 is 26.5. The lowest BCUT2D eigenvalue weighted by Gasteiger charge is -2.33. The van der Waals surface area contributed by atoms with E-state index in [2.05, 4.69) is 5.32 Å². The molecular weight excluding hydrogens is 521 g/mol. The van der Waals surface area contributed by atoms with Gasteiger partial charge >= 0.3 is 0 Å². The molecule has 2 aromatic rings. The summed E-state index contributed by atoms with van der Waals surface area (Å²) in [5, 5.41) is 3.60. The van der Waals surface area contributed by atoms with Gasteiger partial charge in [-0.3, -0.25) is 13.9 Å². The first-order valence-electron chi connectivity index (χ1n) is 11.9. The molecule has 2 rings (SSSR count). The molecule has 36 heavy (non-hydrogen) atoms. The van der Waals surface area contributed by atoms with Gasteiger partial charge in [0.05, 0.1) is 22.0 Å². The first-order chi connectivity index (χ1) is 16.9. The summed E-state index contributed by atoms with van der Waals surface area (Å²) in [6.07, 6.45) is 3.15. The topological polar surface area (TPSA) is 86.8 Å². The van der Waals surface area contributed by atoms with Gasteiger partial charge in [0.15, 0.2) is 0 Å². The Morgan fingerprint density at radius 1 is 1.00 bits per heavy atom. The van der Waals surface area contributed by atoms with Gasteiger partial charge in [0.1, 0.15) is 12.6 Å². The van der Waals surface area contributed by atoms with Gasteiger partial charge in [0.2, 0.25) is 21.8 Å². The van der Waals surface area contributed by atoms with E-state index in [-0.39, 0.29) is 12.5 Å². The van der Waals surface area contributed by atoms with Crippen molar-refractivity contribution in [2.24, 2.45) is 0 Å². The minimum atomic E-state index is -3.78. The number of carbonyl (C=O) groups excluding carboxylic acids is 2. The van der Waals surface area contributed by atoms with Gasteiger partial charge in [0.25, 0.3) is 0 Å². The third kappa shape index (κ3) is 8.11. The van der Waals surface area contributed by atoms with Gasteiger partial charge in [-0.2, -0.15) is 0 Å². The summed E-state index contributed by atoms with van der Waals surface area (Å²) in [7, 11) is -3.78. The molecule has 198 valence electrons. The third-order valence-electron chi connectivity index (χ3n) is 6.01. The smallest absolute Gasteiger partial charge is 0.244 e. The molecule has 0 aliphatic carbocycles. The molecule has 0 aromatic heterocycles. The predicted molar refractivity (Wildman–Crippen MR) is 147 cm³/mol. The number of sulfonamides is 1. The lowest BCUT2D eigenvalue weighted by Crippen LogP contribution is -2.52. The van der Waals surface area contributed by atoms with E-state index < -0.39 is 28.5 Å². The fourth-order valence-corrected chi connectivity index (χ4v) is 4.92.